The minimum atomic E-state index is -0.588. The summed E-state index contributed by atoms with van der Waals surface area (Å²) in [6.07, 6.45) is 1.52. The van der Waals surface area contributed by atoms with E-state index in [-0.39, 0.29) is 24.0 Å². The number of hydrogen-bond acceptors (Lipinski definition) is 3. The molecule has 0 atom stereocenters. The lowest BCUT2D eigenvalue weighted by Gasteiger charge is -2.20. The van der Waals surface area contributed by atoms with Crippen molar-refractivity contribution in [3.8, 4) is 0 Å². The molecule has 0 N–H and O–H groups in total. The van der Waals surface area contributed by atoms with Crippen LogP contribution in [0.3, 0.4) is 0 Å². The Hall–Kier alpha value is -1.71. The summed E-state index contributed by atoms with van der Waals surface area (Å²) in [5, 5.41) is 0. The van der Waals surface area contributed by atoms with Crippen LogP contribution < -0.4 is 0 Å². The molecule has 1 aliphatic carbocycles. The van der Waals surface area contributed by atoms with Gasteiger partial charge in [0.25, 0.3) is 0 Å². The van der Waals surface area contributed by atoms with Gasteiger partial charge in [-0.1, -0.05) is 6.07 Å². The molecule has 3 nitrogen and oxygen atoms in total. The van der Waals surface area contributed by atoms with Gasteiger partial charge in [0.15, 0.2) is 0 Å². The van der Waals surface area contributed by atoms with Crippen molar-refractivity contribution in [2.24, 2.45) is 0 Å². The highest BCUT2D eigenvalue weighted by molar-refractivity contribution is 5.92. The fraction of sp³-hybridized carbons (Fsp3) is 0.467. The maximum absolute atomic E-state index is 13.8. The topological polar surface area (TPSA) is 43.4 Å². The first-order chi connectivity index (χ1) is 8.92. The number of esters is 1. The third-order valence-corrected chi connectivity index (χ3v) is 3.95. The first-order valence-electron chi connectivity index (χ1n) is 6.28. The summed E-state index contributed by atoms with van der Waals surface area (Å²) in [7, 11) is 1.32. The van der Waals surface area contributed by atoms with Crippen molar-refractivity contribution in [1.29, 1.82) is 0 Å². The second-order valence-corrected chi connectivity index (χ2v) is 5.10. The van der Waals surface area contributed by atoms with Crippen LogP contribution in [0, 0.1) is 12.7 Å². The summed E-state index contributed by atoms with van der Waals surface area (Å²) in [4.78, 5) is 23.3. The van der Waals surface area contributed by atoms with Crippen molar-refractivity contribution in [3.05, 3.63) is 34.6 Å². The SMILES string of the molecule is COC(=O)Cc1ccc(F)c(C)c1C1(C(C)=O)CC1. The average Bonchev–Trinajstić information content (AvgIpc) is 3.15. The number of benzene rings is 1. The van der Waals surface area contributed by atoms with Gasteiger partial charge in [0, 0.05) is 0 Å². The zero-order chi connectivity index (χ0) is 14.2. The fourth-order valence-corrected chi connectivity index (χ4v) is 2.69. The normalized spacial score (nSPS) is 16.0. The molecular weight excluding hydrogens is 247 g/mol. The quantitative estimate of drug-likeness (QED) is 0.785. The summed E-state index contributed by atoms with van der Waals surface area (Å²) >= 11 is 0. The molecule has 1 fully saturated rings. The van der Waals surface area contributed by atoms with Crippen molar-refractivity contribution >= 4 is 11.8 Å². The van der Waals surface area contributed by atoms with E-state index in [2.05, 4.69) is 4.74 Å². The third kappa shape index (κ3) is 2.27. The molecule has 0 aliphatic heterocycles. The first kappa shape index (κ1) is 13.7. The number of rotatable bonds is 4. The van der Waals surface area contributed by atoms with Gasteiger partial charge in [0.05, 0.1) is 18.9 Å². The third-order valence-electron chi connectivity index (χ3n) is 3.95. The molecule has 2 rings (SSSR count). The molecular formula is C15H17FO3. The van der Waals surface area contributed by atoms with Crippen LogP contribution in [0.5, 0.6) is 0 Å². The molecule has 19 heavy (non-hydrogen) atoms. The van der Waals surface area contributed by atoms with Crippen LogP contribution in [0.1, 0.15) is 36.5 Å². The number of methoxy groups -OCH3 is 1. The van der Waals surface area contributed by atoms with E-state index in [0.717, 1.165) is 12.8 Å². The summed E-state index contributed by atoms with van der Waals surface area (Å²) in [5.74, 6) is -0.685. The van der Waals surface area contributed by atoms with Crippen molar-refractivity contribution in [2.75, 3.05) is 7.11 Å². The van der Waals surface area contributed by atoms with Crippen LogP contribution in [0.25, 0.3) is 0 Å². The van der Waals surface area contributed by atoms with Crippen LogP contribution >= 0.6 is 0 Å². The van der Waals surface area contributed by atoms with E-state index >= 15 is 0 Å². The number of carbonyl (C=O) groups is 2. The summed E-state index contributed by atoms with van der Waals surface area (Å²) in [6.45, 7) is 3.19. The van der Waals surface area contributed by atoms with E-state index in [9.17, 15) is 14.0 Å². The van der Waals surface area contributed by atoms with Gasteiger partial charge in [-0.15, -0.1) is 0 Å². The Kier molecular flexibility index (Phi) is 3.43. The minimum Gasteiger partial charge on any atom is -0.469 e. The van der Waals surface area contributed by atoms with E-state index < -0.39 is 5.41 Å². The number of Topliss-reactive ketones (excluding diaryl/α,β-unsaturated/α-hetero) is 1. The largest absolute Gasteiger partial charge is 0.469 e. The van der Waals surface area contributed by atoms with Gasteiger partial charge in [0.2, 0.25) is 0 Å². The van der Waals surface area contributed by atoms with Gasteiger partial charge in [0.1, 0.15) is 11.6 Å². The minimum absolute atomic E-state index is 0.0346. The maximum Gasteiger partial charge on any atom is 0.309 e. The van der Waals surface area contributed by atoms with Crippen LogP contribution in [0.2, 0.25) is 0 Å². The van der Waals surface area contributed by atoms with Crippen LogP contribution in [0.15, 0.2) is 12.1 Å². The van der Waals surface area contributed by atoms with Crippen molar-refractivity contribution in [2.45, 2.75) is 38.5 Å². The molecule has 1 aliphatic rings. The van der Waals surface area contributed by atoms with Crippen LogP contribution in [0.4, 0.5) is 4.39 Å². The van der Waals surface area contributed by atoms with Gasteiger partial charge in [-0.05, 0) is 49.4 Å². The van der Waals surface area contributed by atoms with Gasteiger partial charge in [-0.25, -0.2) is 4.39 Å². The van der Waals surface area contributed by atoms with Gasteiger partial charge < -0.3 is 4.74 Å². The molecule has 1 aromatic rings. The Morgan fingerprint density at radius 3 is 2.47 bits per heavy atom. The van der Waals surface area contributed by atoms with Crippen LogP contribution in [-0.4, -0.2) is 18.9 Å². The lowest BCUT2D eigenvalue weighted by atomic mass is 9.84. The second-order valence-electron chi connectivity index (χ2n) is 5.10. The lowest BCUT2D eigenvalue weighted by molar-refractivity contribution is -0.139. The molecule has 0 saturated heterocycles. The van der Waals surface area contributed by atoms with Crippen molar-refractivity contribution < 1.29 is 18.7 Å². The average molecular weight is 264 g/mol. The highest BCUT2D eigenvalue weighted by Gasteiger charge is 2.51. The molecule has 0 aromatic heterocycles. The van der Waals surface area contributed by atoms with E-state index in [1.165, 1.54) is 20.1 Å². The molecule has 0 heterocycles. The number of hydrogen-bond donors (Lipinski definition) is 0. The number of carbonyl (C=O) groups excluding carboxylic acids is 2. The monoisotopic (exact) mass is 264 g/mol. The Balaban J connectivity index is 2.53. The summed E-state index contributed by atoms with van der Waals surface area (Å²) in [5.41, 5.74) is 1.26. The fourth-order valence-electron chi connectivity index (χ4n) is 2.69. The second kappa shape index (κ2) is 4.76. The van der Waals surface area contributed by atoms with E-state index in [0.29, 0.717) is 16.7 Å². The Morgan fingerprint density at radius 2 is 2.00 bits per heavy atom. The number of ketones is 1. The summed E-state index contributed by atoms with van der Waals surface area (Å²) < 4.78 is 18.4. The molecule has 0 radical (unpaired) electrons. The van der Waals surface area contributed by atoms with E-state index in [4.69, 9.17) is 0 Å². The maximum atomic E-state index is 13.8. The first-order valence-corrected chi connectivity index (χ1v) is 6.28. The zero-order valence-corrected chi connectivity index (χ0v) is 11.4. The standard InChI is InChI=1S/C15H17FO3/c1-9-12(16)5-4-11(8-13(18)19-3)14(9)15(6-7-15)10(2)17/h4-5H,6-8H2,1-3H3. The molecule has 1 aromatic carbocycles. The van der Waals surface area contributed by atoms with Gasteiger partial charge in [-0.3, -0.25) is 9.59 Å². The highest BCUT2D eigenvalue weighted by atomic mass is 19.1. The summed E-state index contributed by atoms with van der Waals surface area (Å²) in [6, 6.07) is 2.92. The molecule has 0 unspecified atom stereocenters. The smallest absolute Gasteiger partial charge is 0.309 e. The lowest BCUT2D eigenvalue weighted by Crippen LogP contribution is -2.22. The molecule has 0 spiro atoms. The molecule has 102 valence electrons. The number of halogens is 1. The highest BCUT2D eigenvalue weighted by Crippen LogP contribution is 2.51. The van der Waals surface area contributed by atoms with E-state index in [1.807, 2.05) is 0 Å². The predicted molar refractivity (Wildman–Crippen MR) is 68.5 cm³/mol. The Bertz CT molecular complexity index is 545. The van der Waals surface area contributed by atoms with Crippen molar-refractivity contribution in [1.82, 2.24) is 0 Å². The van der Waals surface area contributed by atoms with E-state index in [1.54, 1.807) is 13.0 Å². The predicted octanol–water partition coefficient (Wildman–Crippen LogP) is 2.47. The zero-order valence-electron chi connectivity index (χ0n) is 11.4. The van der Waals surface area contributed by atoms with Crippen molar-refractivity contribution in [3.63, 3.8) is 0 Å². The Morgan fingerprint density at radius 1 is 1.37 bits per heavy atom. The molecule has 4 heteroatoms. The molecule has 0 amide bonds. The molecule has 0 bridgehead atoms. The molecule has 1 saturated carbocycles. The van der Waals surface area contributed by atoms with Gasteiger partial charge in [-0.2, -0.15) is 0 Å². The van der Waals surface area contributed by atoms with Gasteiger partial charge >= 0.3 is 5.97 Å². The number of ether oxygens (including phenoxy) is 1. The van der Waals surface area contributed by atoms with Crippen LogP contribution in [-0.2, 0) is 26.2 Å². The Labute approximate surface area is 111 Å².